The van der Waals surface area contributed by atoms with Gasteiger partial charge in [-0.2, -0.15) is 0 Å². The second-order valence-corrected chi connectivity index (χ2v) is 6.35. The Balaban J connectivity index is 1.85. The van der Waals surface area contributed by atoms with Crippen LogP contribution in [0.5, 0.6) is 0 Å². The fourth-order valence-electron chi connectivity index (χ4n) is 3.61. The van der Waals surface area contributed by atoms with E-state index in [-0.39, 0.29) is 11.4 Å². The van der Waals surface area contributed by atoms with E-state index in [9.17, 15) is 13.6 Å². The number of carbonyl (C=O) groups excluding carboxylic acids is 1. The predicted octanol–water partition coefficient (Wildman–Crippen LogP) is 4.75. The molecule has 1 atom stereocenters. The van der Waals surface area contributed by atoms with Gasteiger partial charge in [0.1, 0.15) is 11.6 Å². The van der Waals surface area contributed by atoms with Crippen molar-refractivity contribution in [3.8, 4) is 0 Å². The van der Waals surface area contributed by atoms with E-state index in [1.807, 2.05) is 24.3 Å². The molecule has 3 aromatic rings. The molecule has 0 spiro atoms. The molecule has 4 heteroatoms. The van der Waals surface area contributed by atoms with Crippen LogP contribution in [0.1, 0.15) is 33.1 Å². The molecular weight excluding hydrogens is 332 g/mol. The van der Waals surface area contributed by atoms with Crippen molar-refractivity contribution in [3.05, 3.63) is 107 Å². The topological polar surface area (TPSA) is 20.3 Å². The standard InChI is InChI=1S/C22H17F2NO/c23-19-11-5-3-9-17(19)21-16-8-2-1-7-15(16)13-14-25(21)22(26)18-10-4-6-12-20(18)24/h1-12,21H,13-14H2/t21-/m0/s1. The molecule has 3 aromatic carbocycles. The molecule has 0 radical (unpaired) electrons. The first-order valence-corrected chi connectivity index (χ1v) is 8.54. The lowest BCUT2D eigenvalue weighted by Gasteiger charge is -2.38. The summed E-state index contributed by atoms with van der Waals surface area (Å²) < 4.78 is 28.8. The van der Waals surface area contributed by atoms with Crippen molar-refractivity contribution in [2.45, 2.75) is 12.5 Å². The number of carbonyl (C=O) groups is 1. The molecule has 0 unspecified atom stereocenters. The van der Waals surface area contributed by atoms with E-state index in [0.29, 0.717) is 18.5 Å². The van der Waals surface area contributed by atoms with Crippen LogP contribution >= 0.6 is 0 Å². The minimum atomic E-state index is -0.576. The zero-order valence-corrected chi connectivity index (χ0v) is 14.0. The summed E-state index contributed by atoms with van der Waals surface area (Å²) in [4.78, 5) is 14.7. The summed E-state index contributed by atoms with van der Waals surface area (Å²) in [5.41, 5.74) is 2.39. The van der Waals surface area contributed by atoms with Crippen LogP contribution in [0, 0.1) is 11.6 Å². The van der Waals surface area contributed by atoms with E-state index in [4.69, 9.17) is 0 Å². The third-order valence-electron chi connectivity index (χ3n) is 4.85. The number of hydrogen-bond acceptors (Lipinski definition) is 1. The Morgan fingerprint density at radius 3 is 2.15 bits per heavy atom. The summed E-state index contributed by atoms with van der Waals surface area (Å²) in [5, 5.41) is 0. The third kappa shape index (κ3) is 2.77. The number of rotatable bonds is 2. The van der Waals surface area contributed by atoms with Crippen LogP contribution in [0.25, 0.3) is 0 Å². The predicted molar refractivity (Wildman–Crippen MR) is 95.8 cm³/mol. The Morgan fingerprint density at radius 1 is 0.808 bits per heavy atom. The van der Waals surface area contributed by atoms with Crippen molar-refractivity contribution in [3.63, 3.8) is 0 Å². The zero-order valence-electron chi connectivity index (χ0n) is 14.0. The maximum absolute atomic E-state index is 14.6. The Labute approximate surface area is 150 Å². The van der Waals surface area contributed by atoms with Gasteiger partial charge in [0.25, 0.3) is 5.91 Å². The smallest absolute Gasteiger partial charge is 0.257 e. The number of hydrogen-bond donors (Lipinski definition) is 0. The molecule has 0 N–H and O–H groups in total. The number of amides is 1. The molecule has 1 heterocycles. The molecule has 0 saturated carbocycles. The summed E-state index contributed by atoms with van der Waals surface area (Å²) in [6.07, 6.45) is 0.654. The van der Waals surface area contributed by atoms with Gasteiger partial charge in [-0.15, -0.1) is 0 Å². The van der Waals surface area contributed by atoms with E-state index < -0.39 is 17.8 Å². The first-order chi connectivity index (χ1) is 12.7. The molecule has 26 heavy (non-hydrogen) atoms. The van der Waals surface area contributed by atoms with Crippen molar-refractivity contribution in [2.75, 3.05) is 6.54 Å². The highest BCUT2D eigenvalue weighted by atomic mass is 19.1. The zero-order chi connectivity index (χ0) is 18.1. The maximum Gasteiger partial charge on any atom is 0.257 e. The summed E-state index contributed by atoms with van der Waals surface area (Å²) in [6.45, 7) is 0.406. The highest BCUT2D eigenvalue weighted by Crippen LogP contribution is 2.37. The van der Waals surface area contributed by atoms with Crippen molar-refractivity contribution >= 4 is 5.91 Å². The van der Waals surface area contributed by atoms with Crippen LogP contribution in [0.3, 0.4) is 0 Å². The van der Waals surface area contributed by atoms with Crippen LogP contribution in [-0.4, -0.2) is 17.4 Å². The second-order valence-electron chi connectivity index (χ2n) is 6.35. The molecule has 0 aliphatic carbocycles. The van der Waals surface area contributed by atoms with E-state index >= 15 is 0 Å². The van der Waals surface area contributed by atoms with Gasteiger partial charge in [-0.3, -0.25) is 4.79 Å². The average molecular weight is 349 g/mol. The van der Waals surface area contributed by atoms with Gasteiger partial charge >= 0.3 is 0 Å². The van der Waals surface area contributed by atoms with Crippen LogP contribution in [0.4, 0.5) is 8.78 Å². The van der Waals surface area contributed by atoms with Crippen LogP contribution in [0.2, 0.25) is 0 Å². The lowest BCUT2D eigenvalue weighted by atomic mass is 9.87. The molecule has 0 bridgehead atoms. The largest absolute Gasteiger partial charge is 0.327 e. The molecule has 0 saturated heterocycles. The summed E-state index contributed by atoms with van der Waals surface area (Å²) in [5.74, 6) is -1.37. The molecule has 0 aromatic heterocycles. The Hall–Kier alpha value is -3.01. The van der Waals surface area contributed by atoms with Crippen LogP contribution < -0.4 is 0 Å². The van der Waals surface area contributed by atoms with Crippen molar-refractivity contribution in [1.82, 2.24) is 4.90 Å². The Bertz CT molecular complexity index is 970. The summed E-state index contributed by atoms with van der Waals surface area (Å²) in [6, 6.07) is 19.5. The monoisotopic (exact) mass is 349 g/mol. The first kappa shape index (κ1) is 16.5. The number of benzene rings is 3. The van der Waals surface area contributed by atoms with Crippen LogP contribution in [0.15, 0.2) is 72.8 Å². The van der Waals surface area contributed by atoms with Gasteiger partial charge in [-0.25, -0.2) is 8.78 Å². The third-order valence-corrected chi connectivity index (χ3v) is 4.85. The molecular formula is C22H17F2NO. The molecule has 1 aliphatic rings. The fraction of sp³-hybridized carbons (Fsp3) is 0.136. The van der Waals surface area contributed by atoms with Gasteiger partial charge < -0.3 is 4.90 Å². The van der Waals surface area contributed by atoms with Crippen molar-refractivity contribution in [2.24, 2.45) is 0 Å². The minimum Gasteiger partial charge on any atom is -0.327 e. The highest BCUT2D eigenvalue weighted by molar-refractivity contribution is 5.95. The lowest BCUT2D eigenvalue weighted by Crippen LogP contribution is -2.41. The quantitative estimate of drug-likeness (QED) is 0.654. The normalized spacial score (nSPS) is 16.2. The summed E-state index contributed by atoms with van der Waals surface area (Å²) >= 11 is 0. The Morgan fingerprint density at radius 2 is 1.42 bits per heavy atom. The van der Waals surface area contributed by atoms with E-state index in [0.717, 1.165) is 11.1 Å². The van der Waals surface area contributed by atoms with E-state index in [1.54, 1.807) is 35.2 Å². The Kier molecular flexibility index (Phi) is 4.25. The van der Waals surface area contributed by atoms with Crippen LogP contribution in [-0.2, 0) is 6.42 Å². The van der Waals surface area contributed by atoms with E-state index in [2.05, 4.69) is 0 Å². The number of halogens is 2. The van der Waals surface area contributed by atoms with Gasteiger partial charge in [0.05, 0.1) is 11.6 Å². The average Bonchev–Trinajstić information content (AvgIpc) is 2.67. The van der Waals surface area contributed by atoms with Gasteiger partial charge in [-0.1, -0.05) is 54.6 Å². The van der Waals surface area contributed by atoms with Crippen molar-refractivity contribution in [1.29, 1.82) is 0 Å². The highest BCUT2D eigenvalue weighted by Gasteiger charge is 2.34. The molecule has 1 amide bonds. The van der Waals surface area contributed by atoms with E-state index in [1.165, 1.54) is 18.2 Å². The SMILES string of the molecule is O=C(c1ccccc1F)N1CCc2ccccc2[C@H]1c1ccccc1F. The number of nitrogens with zero attached hydrogens (tertiary/aromatic N) is 1. The molecule has 4 rings (SSSR count). The molecule has 2 nitrogen and oxygen atoms in total. The maximum atomic E-state index is 14.6. The fourth-order valence-corrected chi connectivity index (χ4v) is 3.61. The molecule has 0 fully saturated rings. The summed E-state index contributed by atoms with van der Waals surface area (Å²) in [7, 11) is 0. The molecule has 130 valence electrons. The first-order valence-electron chi connectivity index (χ1n) is 8.54. The van der Waals surface area contributed by atoms with Gasteiger partial charge in [-0.05, 0) is 35.7 Å². The second kappa shape index (κ2) is 6.71. The van der Waals surface area contributed by atoms with Gasteiger partial charge in [0, 0.05) is 12.1 Å². The van der Waals surface area contributed by atoms with Crippen molar-refractivity contribution < 1.29 is 13.6 Å². The van der Waals surface area contributed by atoms with Gasteiger partial charge in [0.15, 0.2) is 0 Å². The minimum absolute atomic E-state index is 0.00761. The lowest BCUT2D eigenvalue weighted by molar-refractivity contribution is 0.0687. The van der Waals surface area contributed by atoms with Gasteiger partial charge in [0.2, 0.25) is 0 Å². The molecule has 1 aliphatic heterocycles. The number of fused-ring (bicyclic) bond motifs is 1.